The third-order valence-electron chi connectivity index (χ3n) is 1.60. The van der Waals surface area contributed by atoms with E-state index >= 15 is 0 Å². The van der Waals surface area contributed by atoms with Crippen LogP contribution in [0.5, 0.6) is 0 Å². The molecule has 3 nitrogen and oxygen atoms in total. The maximum atomic E-state index is 12.2. The quantitative estimate of drug-likeness (QED) is 0.803. The van der Waals surface area contributed by atoms with E-state index < -0.39 is 17.7 Å². The molecule has 0 radical (unpaired) electrons. The van der Waals surface area contributed by atoms with Crippen LogP contribution >= 0.6 is 11.8 Å². The van der Waals surface area contributed by atoms with E-state index in [-0.39, 0.29) is 10.6 Å². The molecule has 0 bridgehead atoms. The number of rotatable bonds is 2. The molecule has 82 valence electrons. The molecule has 1 N–H and O–H groups in total. The van der Waals surface area contributed by atoms with Gasteiger partial charge in [0.2, 0.25) is 0 Å². The van der Waals surface area contributed by atoms with Crippen LogP contribution in [-0.4, -0.2) is 22.3 Å². The number of pyridine rings is 1. The van der Waals surface area contributed by atoms with Crippen LogP contribution in [0.15, 0.2) is 17.2 Å². The fourth-order valence-corrected chi connectivity index (χ4v) is 1.49. The first-order chi connectivity index (χ1) is 6.86. The first-order valence-corrected chi connectivity index (χ1v) is 4.93. The zero-order valence-corrected chi connectivity index (χ0v) is 8.32. The molecule has 1 aromatic heterocycles. The van der Waals surface area contributed by atoms with Crippen molar-refractivity contribution in [1.82, 2.24) is 4.98 Å². The smallest absolute Gasteiger partial charge is 0.417 e. The average Bonchev–Trinajstić information content (AvgIpc) is 2.15. The van der Waals surface area contributed by atoms with Crippen LogP contribution in [0.3, 0.4) is 0 Å². The number of aromatic carboxylic acids is 1. The first kappa shape index (κ1) is 11.8. The van der Waals surface area contributed by atoms with Gasteiger partial charge < -0.3 is 5.11 Å². The van der Waals surface area contributed by atoms with Crippen LogP contribution in [0.2, 0.25) is 0 Å². The first-order valence-electron chi connectivity index (χ1n) is 3.70. The molecule has 0 aliphatic rings. The number of carboxylic acid groups (broad SMARTS) is 1. The van der Waals surface area contributed by atoms with Crippen LogP contribution < -0.4 is 0 Å². The van der Waals surface area contributed by atoms with Gasteiger partial charge in [-0.05, 0) is 12.3 Å². The second-order valence-corrected chi connectivity index (χ2v) is 3.43. The van der Waals surface area contributed by atoms with Crippen LogP contribution in [0.25, 0.3) is 0 Å². The molecule has 0 aliphatic carbocycles. The molecule has 0 saturated heterocycles. The number of thioether (sulfide) groups is 1. The van der Waals surface area contributed by atoms with Gasteiger partial charge in [0.1, 0.15) is 0 Å². The molecule has 0 saturated carbocycles. The lowest BCUT2D eigenvalue weighted by Crippen LogP contribution is -2.09. The molecule has 0 amide bonds. The van der Waals surface area contributed by atoms with Crippen LogP contribution in [0.1, 0.15) is 16.1 Å². The monoisotopic (exact) mass is 237 g/mol. The fraction of sp³-hybridized carbons (Fsp3) is 0.250. The minimum atomic E-state index is -4.51. The molecule has 1 heterocycles. The van der Waals surface area contributed by atoms with Gasteiger partial charge in [-0.2, -0.15) is 13.2 Å². The molecular weight excluding hydrogens is 231 g/mol. The summed E-state index contributed by atoms with van der Waals surface area (Å²) in [7, 11) is 0. The van der Waals surface area contributed by atoms with Gasteiger partial charge in [0, 0.05) is 11.1 Å². The Hall–Kier alpha value is -1.24. The molecule has 0 fully saturated rings. The van der Waals surface area contributed by atoms with Crippen molar-refractivity contribution in [2.45, 2.75) is 11.1 Å². The van der Waals surface area contributed by atoms with E-state index in [9.17, 15) is 18.0 Å². The third-order valence-corrected chi connectivity index (χ3v) is 2.35. The molecule has 0 unspecified atom stereocenters. The number of hydrogen-bond acceptors (Lipinski definition) is 3. The van der Waals surface area contributed by atoms with Crippen LogP contribution in [-0.2, 0) is 6.18 Å². The summed E-state index contributed by atoms with van der Waals surface area (Å²) in [5.74, 6) is -1.34. The predicted molar refractivity (Wildman–Crippen MR) is 48.0 cm³/mol. The molecule has 0 aliphatic heterocycles. The number of alkyl halides is 3. The van der Waals surface area contributed by atoms with Crippen molar-refractivity contribution >= 4 is 17.7 Å². The number of carboxylic acids is 1. The minimum Gasteiger partial charge on any atom is -0.476 e. The summed E-state index contributed by atoms with van der Waals surface area (Å²) in [6.07, 6.45) is -2.50. The molecule has 1 rings (SSSR count). The number of hydrogen-bond donors (Lipinski definition) is 1. The van der Waals surface area contributed by atoms with E-state index in [0.717, 1.165) is 17.8 Å². The normalized spacial score (nSPS) is 11.5. The molecule has 0 aromatic carbocycles. The van der Waals surface area contributed by atoms with Crippen molar-refractivity contribution in [3.63, 3.8) is 0 Å². The van der Waals surface area contributed by atoms with Crippen molar-refractivity contribution in [2.24, 2.45) is 0 Å². The Morgan fingerprint density at radius 2 is 2.13 bits per heavy atom. The molecule has 0 spiro atoms. The SMILES string of the molecule is CSc1cc(C(F)(F)F)cnc1C(=O)O. The van der Waals surface area contributed by atoms with Crippen molar-refractivity contribution in [1.29, 1.82) is 0 Å². The zero-order chi connectivity index (χ0) is 11.6. The van der Waals surface area contributed by atoms with Crippen LogP contribution in [0.4, 0.5) is 13.2 Å². The largest absolute Gasteiger partial charge is 0.476 e. The van der Waals surface area contributed by atoms with E-state index in [1.54, 1.807) is 0 Å². The topological polar surface area (TPSA) is 50.2 Å². The van der Waals surface area contributed by atoms with Gasteiger partial charge in [0.15, 0.2) is 5.69 Å². The Kier molecular flexibility index (Phi) is 3.23. The Bertz CT molecular complexity index is 392. The summed E-state index contributed by atoms with van der Waals surface area (Å²) in [5, 5.41) is 8.63. The van der Waals surface area contributed by atoms with Gasteiger partial charge in [0.25, 0.3) is 0 Å². The zero-order valence-electron chi connectivity index (χ0n) is 7.50. The lowest BCUT2D eigenvalue weighted by molar-refractivity contribution is -0.138. The number of halogens is 3. The van der Waals surface area contributed by atoms with E-state index in [1.807, 2.05) is 0 Å². The third kappa shape index (κ3) is 2.62. The van der Waals surface area contributed by atoms with Crippen molar-refractivity contribution in [2.75, 3.05) is 6.26 Å². The molecule has 1 aromatic rings. The Balaban J connectivity index is 3.25. The molecule has 7 heteroatoms. The highest BCUT2D eigenvalue weighted by molar-refractivity contribution is 7.98. The lowest BCUT2D eigenvalue weighted by Gasteiger charge is -2.08. The standard InChI is InChI=1S/C8H6F3NO2S/c1-15-5-2-4(8(9,10)11)3-12-6(5)7(13)14/h2-3H,1H3,(H,13,14). The van der Waals surface area contributed by atoms with Gasteiger partial charge in [-0.25, -0.2) is 9.78 Å². The Labute approximate surface area is 87.3 Å². The highest BCUT2D eigenvalue weighted by atomic mass is 32.2. The predicted octanol–water partition coefficient (Wildman–Crippen LogP) is 2.52. The van der Waals surface area contributed by atoms with Gasteiger partial charge in [0.05, 0.1) is 5.56 Å². The Morgan fingerprint density at radius 3 is 2.53 bits per heavy atom. The highest BCUT2D eigenvalue weighted by Gasteiger charge is 2.32. The van der Waals surface area contributed by atoms with Crippen LogP contribution in [0, 0.1) is 0 Å². The Morgan fingerprint density at radius 1 is 1.53 bits per heavy atom. The number of aromatic nitrogens is 1. The summed E-state index contributed by atoms with van der Waals surface area (Å²) in [6, 6.07) is 0.779. The van der Waals surface area contributed by atoms with Gasteiger partial charge >= 0.3 is 12.1 Å². The van der Waals surface area contributed by atoms with E-state index in [4.69, 9.17) is 5.11 Å². The van der Waals surface area contributed by atoms with Gasteiger partial charge in [-0.3, -0.25) is 0 Å². The lowest BCUT2D eigenvalue weighted by atomic mass is 10.2. The number of carbonyl (C=O) groups is 1. The highest BCUT2D eigenvalue weighted by Crippen LogP contribution is 2.31. The van der Waals surface area contributed by atoms with Crippen molar-refractivity contribution in [3.05, 3.63) is 23.5 Å². The summed E-state index contributed by atoms with van der Waals surface area (Å²) in [5.41, 5.74) is -1.31. The second kappa shape index (κ2) is 4.09. The van der Waals surface area contributed by atoms with Gasteiger partial charge in [-0.1, -0.05) is 0 Å². The summed E-state index contributed by atoms with van der Waals surface area (Å²) >= 11 is 0.911. The summed E-state index contributed by atoms with van der Waals surface area (Å²) < 4.78 is 36.7. The summed E-state index contributed by atoms with van der Waals surface area (Å²) in [4.78, 5) is 13.9. The molecule has 15 heavy (non-hydrogen) atoms. The number of nitrogens with zero attached hydrogens (tertiary/aromatic N) is 1. The summed E-state index contributed by atoms with van der Waals surface area (Å²) in [6.45, 7) is 0. The fourth-order valence-electron chi connectivity index (χ4n) is 0.916. The van der Waals surface area contributed by atoms with Crippen molar-refractivity contribution in [3.8, 4) is 0 Å². The van der Waals surface area contributed by atoms with E-state index in [2.05, 4.69) is 4.98 Å². The maximum absolute atomic E-state index is 12.2. The second-order valence-electron chi connectivity index (χ2n) is 2.58. The van der Waals surface area contributed by atoms with Gasteiger partial charge in [-0.15, -0.1) is 11.8 Å². The molecule has 0 atom stereocenters. The molecular formula is C8H6F3NO2S. The average molecular weight is 237 g/mol. The van der Waals surface area contributed by atoms with Crippen molar-refractivity contribution < 1.29 is 23.1 Å². The maximum Gasteiger partial charge on any atom is 0.417 e. The van der Waals surface area contributed by atoms with E-state index in [1.165, 1.54) is 6.26 Å². The van der Waals surface area contributed by atoms with E-state index in [0.29, 0.717) is 6.20 Å². The minimum absolute atomic E-state index is 0.00248.